The Morgan fingerprint density at radius 3 is 2.31 bits per heavy atom. The van der Waals surface area contributed by atoms with Gasteiger partial charge < -0.3 is 0 Å². The van der Waals surface area contributed by atoms with Crippen LogP contribution >= 0.6 is 0 Å². The first kappa shape index (κ1) is 13.3. The summed E-state index contributed by atoms with van der Waals surface area (Å²) >= 11 is 0. The van der Waals surface area contributed by atoms with E-state index in [1.165, 1.54) is 37.7 Å². The lowest BCUT2D eigenvalue weighted by Gasteiger charge is -2.29. The van der Waals surface area contributed by atoms with E-state index >= 15 is 0 Å². The van der Waals surface area contributed by atoms with Crippen molar-refractivity contribution in [2.45, 2.75) is 57.8 Å². The molecule has 0 saturated carbocycles. The topological polar surface area (TPSA) is 0 Å². The van der Waals surface area contributed by atoms with Crippen LogP contribution in [0.1, 0.15) is 57.9 Å². The molecule has 0 aliphatic rings. The van der Waals surface area contributed by atoms with Crippen molar-refractivity contribution in [1.82, 2.24) is 0 Å². The van der Waals surface area contributed by atoms with Gasteiger partial charge in [0, 0.05) is 0 Å². The molecule has 0 bridgehead atoms. The number of unbranched alkanes of at least 4 members (excludes halogenated alkanes) is 3. The van der Waals surface area contributed by atoms with E-state index in [0.717, 1.165) is 6.42 Å². The summed E-state index contributed by atoms with van der Waals surface area (Å²) in [5.74, 6) is 0. The second kappa shape index (κ2) is 6.73. The predicted octanol–water partition coefficient (Wildman–Crippen LogP) is 5.14. The highest BCUT2D eigenvalue weighted by molar-refractivity contribution is 5.24. The summed E-state index contributed by atoms with van der Waals surface area (Å²) in [7, 11) is 0. The summed E-state index contributed by atoms with van der Waals surface area (Å²) in [4.78, 5) is 0. The Morgan fingerprint density at radius 2 is 1.75 bits per heavy atom. The zero-order valence-electron chi connectivity index (χ0n) is 10.8. The molecule has 16 heavy (non-hydrogen) atoms. The van der Waals surface area contributed by atoms with E-state index < -0.39 is 0 Å². The van der Waals surface area contributed by atoms with E-state index in [9.17, 15) is 0 Å². The molecule has 0 heteroatoms. The SMILES string of the molecule is [CH2]CC(C)(CCCCCC)c1ccccc1. The first-order valence-corrected chi connectivity index (χ1v) is 6.57. The Labute approximate surface area is 101 Å². The van der Waals surface area contributed by atoms with Crippen LogP contribution in [0.2, 0.25) is 0 Å². The number of hydrogen-bond acceptors (Lipinski definition) is 0. The summed E-state index contributed by atoms with van der Waals surface area (Å²) < 4.78 is 0. The molecule has 1 aromatic carbocycles. The maximum Gasteiger partial charge on any atom is -0.00753 e. The van der Waals surface area contributed by atoms with Crippen molar-refractivity contribution in [1.29, 1.82) is 0 Å². The van der Waals surface area contributed by atoms with Gasteiger partial charge in [-0.05, 0) is 23.8 Å². The maximum absolute atomic E-state index is 4.13. The van der Waals surface area contributed by atoms with Crippen molar-refractivity contribution < 1.29 is 0 Å². The fraction of sp³-hybridized carbons (Fsp3) is 0.562. The summed E-state index contributed by atoms with van der Waals surface area (Å²) in [6, 6.07) is 10.8. The molecule has 1 unspecified atom stereocenters. The lowest BCUT2D eigenvalue weighted by atomic mass is 9.76. The first-order chi connectivity index (χ1) is 7.73. The smallest absolute Gasteiger partial charge is 0.00753 e. The van der Waals surface area contributed by atoms with Gasteiger partial charge in [0.1, 0.15) is 0 Å². The average molecular weight is 217 g/mol. The fourth-order valence-electron chi connectivity index (χ4n) is 2.20. The molecule has 1 atom stereocenters. The Bertz CT molecular complexity index is 275. The quantitative estimate of drug-likeness (QED) is 0.555. The minimum atomic E-state index is 0.273. The van der Waals surface area contributed by atoms with Gasteiger partial charge in [0.25, 0.3) is 0 Å². The molecule has 0 aliphatic carbocycles. The summed E-state index contributed by atoms with van der Waals surface area (Å²) in [6.45, 7) is 8.74. The molecule has 1 rings (SSSR count). The molecule has 0 N–H and O–H groups in total. The van der Waals surface area contributed by atoms with E-state index in [0.29, 0.717) is 0 Å². The Morgan fingerprint density at radius 1 is 1.06 bits per heavy atom. The van der Waals surface area contributed by atoms with Crippen LogP contribution in [0.4, 0.5) is 0 Å². The highest BCUT2D eigenvalue weighted by atomic mass is 14.3. The highest BCUT2D eigenvalue weighted by Crippen LogP contribution is 2.32. The van der Waals surface area contributed by atoms with Crippen molar-refractivity contribution in [3.8, 4) is 0 Å². The largest absolute Gasteiger partial charge is 0.0654 e. The van der Waals surface area contributed by atoms with Gasteiger partial charge in [0.2, 0.25) is 0 Å². The van der Waals surface area contributed by atoms with Crippen molar-refractivity contribution in [3.05, 3.63) is 42.8 Å². The normalized spacial score (nSPS) is 14.7. The van der Waals surface area contributed by atoms with E-state index in [1.807, 2.05) is 0 Å². The van der Waals surface area contributed by atoms with E-state index in [-0.39, 0.29) is 5.41 Å². The van der Waals surface area contributed by atoms with Gasteiger partial charge in [-0.15, -0.1) is 0 Å². The Kier molecular flexibility index (Phi) is 5.59. The highest BCUT2D eigenvalue weighted by Gasteiger charge is 2.23. The van der Waals surface area contributed by atoms with Crippen LogP contribution in [-0.2, 0) is 5.41 Å². The third-order valence-electron chi connectivity index (χ3n) is 3.60. The molecular formula is C16H25. The van der Waals surface area contributed by atoms with Gasteiger partial charge in [-0.25, -0.2) is 0 Å². The van der Waals surface area contributed by atoms with Crippen molar-refractivity contribution in [3.63, 3.8) is 0 Å². The van der Waals surface area contributed by atoms with Crippen LogP contribution in [-0.4, -0.2) is 0 Å². The van der Waals surface area contributed by atoms with Gasteiger partial charge >= 0.3 is 0 Å². The summed E-state index contributed by atoms with van der Waals surface area (Å²) in [5, 5.41) is 0. The van der Waals surface area contributed by atoms with Gasteiger partial charge in [-0.3, -0.25) is 0 Å². The van der Waals surface area contributed by atoms with Crippen LogP contribution in [0.5, 0.6) is 0 Å². The molecule has 0 aliphatic heterocycles. The summed E-state index contributed by atoms with van der Waals surface area (Å²) in [6.07, 6.45) is 7.62. The van der Waals surface area contributed by atoms with Crippen LogP contribution < -0.4 is 0 Å². The minimum Gasteiger partial charge on any atom is -0.0654 e. The molecular weight excluding hydrogens is 192 g/mol. The van der Waals surface area contributed by atoms with E-state index in [2.05, 4.69) is 51.1 Å². The van der Waals surface area contributed by atoms with E-state index in [1.54, 1.807) is 0 Å². The molecule has 0 nitrogen and oxygen atoms in total. The molecule has 0 saturated heterocycles. The molecule has 1 aromatic rings. The second-order valence-electron chi connectivity index (χ2n) is 4.99. The number of hydrogen-bond donors (Lipinski definition) is 0. The Balaban J connectivity index is 2.56. The third kappa shape index (κ3) is 3.66. The predicted molar refractivity (Wildman–Crippen MR) is 72.5 cm³/mol. The number of rotatable bonds is 7. The lowest BCUT2D eigenvalue weighted by Crippen LogP contribution is -2.20. The molecule has 1 radical (unpaired) electrons. The van der Waals surface area contributed by atoms with Gasteiger partial charge in [0.05, 0.1) is 0 Å². The fourth-order valence-corrected chi connectivity index (χ4v) is 2.20. The molecule has 0 heterocycles. The minimum absolute atomic E-state index is 0.273. The molecule has 89 valence electrons. The van der Waals surface area contributed by atoms with Gasteiger partial charge in [0.15, 0.2) is 0 Å². The molecule has 0 aromatic heterocycles. The second-order valence-corrected chi connectivity index (χ2v) is 4.99. The Hall–Kier alpha value is -0.780. The first-order valence-electron chi connectivity index (χ1n) is 6.57. The van der Waals surface area contributed by atoms with Crippen LogP contribution in [0.25, 0.3) is 0 Å². The monoisotopic (exact) mass is 217 g/mol. The van der Waals surface area contributed by atoms with Gasteiger partial charge in [-0.2, -0.15) is 0 Å². The zero-order valence-corrected chi connectivity index (χ0v) is 10.8. The molecule has 0 amide bonds. The number of benzene rings is 1. The third-order valence-corrected chi connectivity index (χ3v) is 3.60. The van der Waals surface area contributed by atoms with Crippen LogP contribution in [0, 0.1) is 6.92 Å². The van der Waals surface area contributed by atoms with E-state index in [4.69, 9.17) is 0 Å². The van der Waals surface area contributed by atoms with Crippen LogP contribution in [0.3, 0.4) is 0 Å². The lowest BCUT2D eigenvalue weighted by molar-refractivity contribution is 0.411. The molecule has 0 spiro atoms. The van der Waals surface area contributed by atoms with Gasteiger partial charge in [-0.1, -0.05) is 76.8 Å². The van der Waals surface area contributed by atoms with Crippen molar-refractivity contribution >= 4 is 0 Å². The summed E-state index contributed by atoms with van der Waals surface area (Å²) in [5.41, 5.74) is 1.72. The van der Waals surface area contributed by atoms with Crippen molar-refractivity contribution in [2.75, 3.05) is 0 Å². The van der Waals surface area contributed by atoms with Crippen molar-refractivity contribution in [2.24, 2.45) is 0 Å². The standard InChI is InChI=1S/C16H25/c1-4-6-7-11-14-16(3,5-2)15-12-9-8-10-13-15/h8-10,12-13H,2,4-7,11,14H2,1,3H3. The maximum atomic E-state index is 4.13. The van der Waals surface area contributed by atoms with Crippen LogP contribution in [0.15, 0.2) is 30.3 Å². The zero-order chi connectivity index (χ0) is 11.9. The molecule has 0 fully saturated rings. The average Bonchev–Trinajstić information content (AvgIpc) is 2.35.